The van der Waals surface area contributed by atoms with E-state index in [1.54, 1.807) is 12.1 Å². The molecule has 2 nitrogen and oxygen atoms in total. The molecule has 0 atom stereocenters. The van der Waals surface area contributed by atoms with Crippen molar-refractivity contribution in [3.63, 3.8) is 0 Å². The predicted molar refractivity (Wildman–Crippen MR) is 54.4 cm³/mol. The van der Waals surface area contributed by atoms with Crippen LogP contribution in [-0.4, -0.2) is 27.7 Å². The number of esters is 1. The molecule has 0 saturated carbocycles. The molecule has 0 bridgehead atoms. The minimum absolute atomic E-state index is 0.0750. The molecule has 70 valence electrons. The third-order valence-corrected chi connectivity index (χ3v) is 4.88. The van der Waals surface area contributed by atoms with Crippen molar-refractivity contribution in [3.8, 4) is 5.75 Å². The van der Waals surface area contributed by atoms with Crippen LogP contribution in [0.4, 0.5) is 0 Å². The molecule has 1 aromatic rings. The van der Waals surface area contributed by atoms with Gasteiger partial charge in [0.25, 0.3) is 0 Å². The number of hydrogen-bond acceptors (Lipinski definition) is 2. The van der Waals surface area contributed by atoms with Crippen LogP contribution in [0.15, 0.2) is 30.3 Å². The van der Waals surface area contributed by atoms with Crippen LogP contribution in [0.5, 0.6) is 5.75 Å². The van der Waals surface area contributed by atoms with Gasteiger partial charge in [0.05, 0.1) is 0 Å². The molecule has 0 aliphatic carbocycles. The molecule has 0 N–H and O–H groups in total. The van der Waals surface area contributed by atoms with Gasteiger partial charge in [-0.25, -0.2) is 0 Å². The first-order valence-electron chi connectivity index (χ1n) is 4.09. The number of carbonyl (C=O) groups is 1. The van der Waals surface area contributed by atoms with E-state index in [2.05, 4.69) is 9.26 Å². The van der Waals surface area contributed by atoms with Gasteiger partial charge in [0.2, 0.25) is 0 Å². The first kappa shape index (κ1) is 10.7. The second-order valence-electron chi connectivity index (χ2n) is 3.02. The quantitative estimate of drug-likeness (QED) is 0.461. The van der Waals surface area contributed by atoms with Crippen LogP contribution >= 0.6 is 0 Å². The van der Waals surface area contributed by atoms with Crippen LogP contribution < -0.4 is 4.74 Å². The molecule has 0 amide bonds. The van der Waals surface area contributed by atoms with Crippen LogP contribution in [-0.2, 0) is 4.79 Å². The van der Waals surface area contributed by atoms with Crippen LogP contribution in [0.3, 0.4) is 0 Å². The Labute approximate surface area is 86.6 Å². The fraction of sp³-hybridized carbons (Fsp3) is 0.300. The summed E-state index contributed by atoms with van der Waals surface area (Å²) in [6.45, 7) is 0. The molecule has 0 spiro atoms. The molecular formula is C10H13BiO2. The van der Waals surface area contributed by atoms with Crippen LogP contribution in [0, 0.1) is 0 Å². The van der Waals surface area contributed by atoms with Crippen molar-refractivity contribution in [2.24, 2.45) is 0 Å². The van der Waals surface area contributed by atoms with Gasteiger partial charge in [0, 0.05) is 0 Å². The van der Waals surface area contributed by atoms with Gasteiger partial charge in [0.15, 0.2) is 0 Å². The molecule has 3 heteroatoms. The van der Waals surface area contributed by atoms with Crippen LogP contribution in [0.1, 0.15) is 0 Å². The van der Waals surface area contributed by atoms with Crippen molar-refractivity contribution in [2.45, 2.75) is 13.4 Å². The minimum atomic E-state index is -1.40. The van der Waals surface area contributed by atoms with Crippen molar-refractivity contribution in [3.05, 3.63) is 30.3 Å². The van der Waals surface area contributed by atoms with E-state index < -0.39 is 21.8 Å². The first-order chi connectivity index (χ1) is 6.18. The van der Waals surface area contributed by atoms with Gasteiger partial charge in [-0.2, -0.15) is 0 Å². The summed E-state index contributed by atoms with van der Waals surface area (Å²) < 4.78 is 10.2. The number of para-hydroxylation sites is 1. The van der Waals surface area contributed by atoms with E-state index in [-0.39, 0.29) is 5.97 Å². The summed E-state index contributed by atoms with van der Waals surface area (Å²) in [7, 11) is 0. The third kappa shape index (κ3) is 4.37. The van der Waals surface area contributed by atoms with Gasteiger partial charge in [0.1, 0.15) is 0 Å². The molecule has 0 heterocycles. The van der Waals surface area contributed by atoms with Gasteiger partial charge in [-0.1, -0.05) is 0 Å². The summed E-state index contributed by atoms with van der Waals surface area (Å²) in [6, 6.07) is 9.22. The molecular weight excluding hydrogens is 361 g/mol. The zero-order chi connectivity index (χ0) is 9.68. The zero-order valence-corrected chi connectivity index (χ0v) is 11.3. The zero-order valence-electron chi connectivity index (χ0n) is 7.86. The van der Waals surface area contributed by atoms with Crippen LogP contribution in [0.2, 0.25) is 13.4 Å². The molecule has 0 radical (unpaired) electrons. The molecule has 0 unspecified atom stereocenters. The van der Waals surface area contributed by atoms with Gasteiger partial charge in [-0.3, -0.25) is 0 Å². The van der Waals surface area contributed by atoms with Crippen LogP contribution in [0.25, 0.3) is 0 Å². The summed E-state index contributed by atoms with van der Waals surface area (Å²) in [5.74, 6) is 0.576. The second kappa shape index (κ2) is 5.33. The van der Waals surface area contributed by atoms with Crippen molar-refractivity contribution < 1.29 is 9.53 Å². The Balaban J connectivity index is 2.46. The monoisotopic (exact) mass is 374 g/mol. The normalized spacial score (nSPS) is 10.1. The molecule has 1 rings (SSSR count). The summed E-state index contributed by atoms with van der Waals surface area (Å²) in [5.41, 5.74) is 0. The van der Waals surface area contributed by atoms with Crippen molar-refractivity contribution in [1.29, 1.82) is 0 Å². The topological polar surface area (TPSA) is 26.3 Å². The number of carbonyl (C=O) groups excluding carboxylic acids is 1. The van der Waals surface area contributed by atoms with E-state index in [0.29, 0.717) is 9.88 Å². The number of hydrogen-bond donors (Lipinski definition) is 0. The fourth-order valence-corrected chi connectivity index (χ4v) is 3.17. The van der Waals surface area contributed by atoms with E-state index in [1.807, 2.05) is 18.2 Å². The molecule has 0 aliphatic rings. The maximum absolute atomic E-state index is 11.3. The molecule has 1 aromatic carbocycles. The van der Waals surface area contributed by atoms with Gasteiger partial charge < -0.3 is 0 Å². The standard InChI is InChI=1S/C8H7O2.2CH3.Bi/c1-7(9)10-8-5-3-2-4-6-8;;;/h2-6H,1H2;2*1H3;. The Morgan fingerprint density at radius 2 is 1.92 bits per heavy atom. The Morgan fingerprint density at radius 3 is 2.46 bits per heavy atom. The number of ether oxygens (including phenoxy) is 1. The van der Waals surface area contributed by atoms with E-state index >= 15 is 0 Å². The molecule has 0 aliphatic heterocycles. The molecule has 0 aromatic heterocycles. The van der Waals surface area contributed by atoms with Crippen molar-refractivity contribution in [1.82, 2.24) is 0 Å². The van der Waals surface area contributed by atoms with E-state index in [1.165, 1.54) is 0 Å². The fourth-order valence-electron chi connectivity index (χ4n) is 0.910. The first-order valence-corrected chi connectivity index (χ1v) is 13.5. The molecule has 13 heavy (non-hydrogen) atoms. The third-order valence-electron chi connectivity index (χ3n) is 1.42. The van der Waals surface area contributed by atoms with Gasteiger partial charge in [-0.15, -0.1) is 0 Å². The number of rotatable bonds is 3. The average molecular weight is 374 g/mol. The van der Waals surface area contributed by atoms with Gasteiger partial charge in [-0.05, 0) is 0 Å². The Morgan fingerprint density at radius 1 is 1.31 bits per heavy atom. The molecule has 0 saturated heterocycles. The van der Waals surface area contributed by atoms with E-state index in [4.69, 9.17) is 4.74 Å². The number of benzene rings is 1. The maximum atomic E-state index is 11.3. The summed E-state index contributed by atoms with van der Waals surface area (Å²) >= 11 is -1.40. The Bertz CT molecular complexity index is 270. The van der Waals surface area contributed by atoms with Gasteiger partial charge >= 0.3 is 86.7 Å². The Hall–Kier alpha value is -0.427. The Kier molecular flexibility index (Phi) is 4.37. The second-order valence-corrected chi connectivity index (χ2v) is 12.6. The molecule has 0 fully saturated rings. The van der Waals surface area contributed by atoms with Crippen molar-refractivity contribution in [2.75, 3.05) is 0 Å². The summed E-state index contributed by atoms with van der Waals surface area (Å²) in [4.78, 5) is 11.3. The van der Waals surface area contributed by atoms with Crippen molar-refractivity contribution >= 4 is 27.7 Å². The SMILES string of the molecule is [CH3][Bi]([CH3])[CH2]C(=O)Oc1ccccc1. The predicted octanol–water partition coefficient (Wildman–Crippen LogP) is 2.35. The summed E-state index contributed by atoms with van der Waals surface area (Å²) in [5, 5.41) is 0. The van der Waals surface area contributed by atoms with E-state index in [0.717, 1.165) is 0 Å². The average Bonchev–Trinajstić information content (AvgIpc) is 2.04. The van der Waals surface area contributed by atoms with E-state index in [9.17, 15) is 4.79 Å². The summed E-state index contributed by atoms with van der Waals surface area (Å²) in [6.07, 6.45) is 0.